The largest absolute Gasteiger partial charge is 0.477 e. The summed E-state index contributed by atoms with van der Waals surface area (Å²) < 4.78 is 19.7. The molecular formula is C13H12FNO5. The lowest BCUT2D eigenvalue weighted by atomic mass is 10.1. The lowest BCUT2D eigenvalue weighted by Gasteiger charge is -2.12. The molecule has 0 aliphatic carbocycles. The minimum absolute atomic E-state index is 0.0301. The third-order valence-electron chi connectivity index (χ3n) is 2.74. The standard InChI is InChI=1S/C13H12FNO5/c14-8-1-2-11-9(5-8)12(17)10(13(18)19)6-15(11)7-20-4-3-16/h1-2,5-6,16H,3-4,7H2,(H,18,19). The first-order valence-electron chi connectivity index (χ1n) is 5.79. The van der Waals surface area contributed by atoms with Gasteiger partial charge in [0.05, 0.1) is 18.7 Å². The molecule has 0 fully saturated rings. The van der Waals surface area contributed by atoms with E-state index in [1.54, 1.807) is 0 Å². The van der Waals surface area contributed by atoms with Crippen molar-refractivity contribution < 1.29 is 24.1 Å². The first kappa shape index (κ1) is 14.2. The molecular weight excluding hydrogens is 269 g/mol. The van der Waals surface area contributed by atoms with Crippen LogP contribution >= 0.6 is 0 Å². The summed E-state index contributed by atoms with van der Waals surface area (Å²) in [6, 6.07) is 3.54. The van der Waals surface area contributed by atoms with Crippen LogP contribution in [0.25, 0.3) is 10.9 Å². The molecule has 6 nitrogen and oxygen atoms in total. The summed E-state index contributed by atoms with van der Waals surface area (Å²) in [7, 11) is 0. The molecule has 20 heavy (non-hydrogen) atoms. The van der Waals surface area contributed by atoms with Gasteiger partial charge in [-0.15, -0.1) is 0 Å². The Morgan fingerprint density at radius 2 is 2.15 bits per heavy atom. The van der Waals surface area contributed by atoms with Gasteiger partial charge in [-0.3, -0.25) is 4.79 Å². The van der Waals surface area contributed by atoms with Crippen LogP contribution in [0.4, 0.5) is 4.39 Å². The normalized spacial score (nSPS) is 10.9. The number of carboxylic acids is 1. The Kier molecular flexibility index (Phi) is 4.11. The molecule has 1 aromatic carbocycles. The van der Waals surface area contributed by atoms with Crippen molar-refractivity contribution >= 4 is 16.9 Å². The van der Waals surface area contributed by atoms with Gasteiger partial charge in [-0.2, -0.15) is 0 Å². The molecule has 0 unspecified atom stereocenters. The maximum atomic E-state index is 13.2. The Labute approximate surface area is 112 Å². The number of halogens is 1. The second-order valence-electron chi connectivity index (χ2n) is 4.07. The lowest BCUT2D eigenvalue weighted by molar-refractivity contribution is 0.0496. The zero-order valence-electron chi connectivity index (χ0n) is 10.4. The predicted octanol–water partition coefficient (Wildman–Crippen LogP) is 0.805. The van der Waals surface area contributed by atoms with Crippen LogP contribution in [0.2, 0.25) is 0 Å². The van der Waals surface area contributed by atoms with E-state index in [0.29, 0.717) is 5.52 Å². The van der Waals surface area contributed by atoms with Gasteiger partial charge in [0.15, 0.2) is 0 Å². The summed E-state index contributed by atoms with van der Waals surface area (Å²) >= 11 is 0. The Bertz CT molecular complexity index is 710. The average molecular weight is 281 g/mol. The Morgan fingerprint density at radius 3 is 2.80 bits per heavy atom. The van der Waals surface area contributed by atoms with E-state index in [2.05, 4.69) is 0 Å². The van der Waals surface area contributed by atoms with Crippen molar-refractivity contribution in [3.05, 3.63) is 46.0 Å². The highest BCUT2D eigenvalue weighted by Crippen LogP contribution is 2.14. The molecule has 2 rings (SSSR count). The molecule has 0 aliphatic heterocycles. The molecule has 0 saturated carbocycles. The lowest BCUT2D eigenvalue weighted by Crippen LogP contribution is -2.20. The molecule has 0 radical (unpaired) electrons. The minimum Gasteiger partial charge on any atom is -0.477 e. The summed E-state index contributed by atoms with van der Waals surface area (Å²) in [5.74, 6) is -2.02. The predicted molar refractivity (Wildman–Crippen MR) is 68.2 cm³/mol. The van der Waals surface area contributed by atoms with E-state index in [1.807, 2.05) is 0 Å². The van der Waals surface area contributed by atoms with Gasteiger partial charge in [-0.1, -0.05) is 0 Å². The van der Waals surface area contributed by atoms with Gasteiger partial charge in [-0.25, -0.2) is 9.18 Å². The van der Waals surface area contributed by atoms with Crippen molar-refractivity contribution in [1.29, 1.82) is 0 Å². The summed E-state index contributed by atoms with van der Waals surface area (Å²) in [6.45, 7) is -0.168. The van der Waals surface area contributed by atoms with E-state index in [4.69, 9.17) is 14.9 Å². The molecule has 7 heteroatoms. The molecule has 0 aliphatic rings. The maximum absolute atomic E-state index is 13.2. The fourth-order valence-electron chi connectivity index (χ4n) is 1.86. The second-order valence-corrected chi connectivity index (χ2v) is 4.07. The van der Waals surface area contributed by atoms with E-state index < -0.39 is 22.8 Å². The van der Waals surface area contributed by atoms with Crippen molar-refractivity contribution in [2.75, 3.05) is 13.2 Å². The van der Waals surface area contributed by atoms with Gasteiger partial charge in [-0.05, 0) is 18.2 Å². The van der Waals surface area contributed by atoms with Crippen molar-refractivity contribution in [2.24, 2.45) is 0 Å². The highest BCUT2D eigenvalue weighted by Gasteiger charge is 2.15. The monoisotopic (exact) mass is 281 g/mol. The topological polar surface area (TPSA) is 88.8 Å². The van der Waals surface area contributed by atoms with Crippen molar-refractivity contribution in [1.82, 2.24) is 4.57 Å². The van der Waals surface area contributed by atoms with Gasteiger partial charge >= 0.3 is 5.97 Å². The number of ether oxygens (including phenoxy) is 1. The third kappa shape index (κ3) is 2.68. The first-order chi connectivity index (χ1) is 9.54. The van der Waals surface area contributed by atoms with E-state index in [-0.39, 0.29) is 25.3 Å². The molecule has 1 aromatic heterocycles. The Hall–Kier alpha value is -2.25. The quantitative estimate of drug-likeness (QED) is 0.791. The van der Waals surface area contributed by atoms with Crippen LogP contribution in [0.3, 0.4) is 0 Å². The van der Waals surface area contributed by atoms with Gasteiger partial charge in [0.2, 0.25) is 5.43 Å². The number of carbonyl (C=O) groups is 1. The van der Waals surface area contributed by atoms with Crippen LogP contribution < -0.4 is 5.43 Å². The second kappa shape index (κ2) is 5.81. The molecule has 0 amide bonds. The van der Waals surface area contributed by atoms with E-state index in [0.717, 1.165) is 12.3 Å². The number of benzene rings is 1. The number of aromatic carboxylic acids is 1. The number of fused-ring (bicyclic) bond motifs is 1. The number of carboxylic acid groups (broad SMARTS) is 1. The van der Waals surface area contributed by atoms with E-state index in [1.165, 1.54) is 16.7 Å². The van der Waals surface area contributed by atoms with Crippen molar-refractivity contribution in [2.45, 2.75) is 6.73 Å². The number of aromatic nitrogens is 1. The van der Waals surface area contributed by atoms with Gasteiger partial charge < -0.3 is 19.5 Å². The fraction of sp³-hybridized carbons (Fsp3) is 0.231. The van der Waals surface area contributed by atoms with Crippen LogP contribution in [0.1, 0.15) is 10.4 Å². The summed E-state index contributed by atoms with van der Waals surface area (Å²) in [6.07, 6.45) is 1.14. The SMILES string of the molecule is O=C(O)c1cn(COCCO)c2ccc(F)cc2c1=O. The van der Waals surface area contributed by atoms with Crippen LogP contribution in [-0.2, 0) is 11.5 Å². The number of aliphatic hydroxyl groups is 1. The zero-order chi connectivity index (χ0) is 14.7. The summed E-state index contributed by atoms with van der Waals surface area (Å²) in [5.41, 5.74) is -0.847. The maximum Gasteiger partial charge on any atom is 0.341 e. The highest BCUT2D eigenvalue weighted by molar-refractivity contribution is 5.92. The first-order valence-corrected chi connectivity index (χ1v) is 5.79. The number of pyridine rings is 1. The molecule has 1 heterocycles. The molecule has 2 aromatic rings. The minimum atomic E-state index is -1.39. The third-order valence-corrected chi connectivity index (χ3v) is 2.74. The van der Waals surface area contributed by atoms with Crippen LogP contribution in [-0.4, -0.2) is 34.0 Å². The molecule has 0 saturated heterocycles. The number of rotatable bonds is 5. The molecule has 106 valence electrons. The zero-order valence-corrected chi connectivity index (χ0v) is 10.4. The van der Waals surface area contributed by atoms with Gasteiger partial charge in [0.25, 0.3) is 0 Å². The van der Waals surface area contributed by atoms with Crippen molar-refractivity contribution in [3.8, 4) is 0 Å². The van der Waals surface area contributed by atoms with E-state index >= 15 is 0 Å². The smallest absolute Gasteiger partial charge is 0.341 e. The Balaban J connectivity index is 2.63. The summed E-state index contributed by atoms with van der Waals surface area (Å²) in [5, 5.41) is 17.6. The number of aliphatic hydroxyl groups excluding tert-OH is 1. The molecule has 2 N–H and O–H groups in total. The fourth-order valence-corrected chi connectivity index (χ4v) is 1.86. The van der Waals surface area contributed by atoms with Crippen LogP contribution in [0.15, 0.2) is 29.2 Å². The number of hydrogen-bond acceptors (Lipinski definition) is 4. The van der Waals surface area contributed by atoms with Gasteiger partial charge in [0, 0.05) is 11.6 Å². The van der Waals surface area contributed by atoms with Crippen LogP contribution in [0, 0.1) is 5.82 Å². The van der Waals surface area contributed by atoms with E-state index in [9.17, 15) is 14.0 Å². The van der Waals surface area contributed by atoms with Crippen LogP contribution in [0.5, 0.6) is 0 Å². The molecule has 0 bridgehead atoms. The summed E-state index contributed by atoms with van der Waals surface area (Å²) in [4.78, 5) is 23.0. The molecule has 0 atom stereocenters. The van der Waals surface area contributed by atoms with Crippen molar-refractivity contribution in [3.63, 3.8) is 0 Å². The number of hydrogen-bond donors (Lipinski definition) is 2. The molecule has 0 spiro atoms. The average Bonchev–Trinajstić information content (AvgIpc) is 2.41. The highest BCUT2D eigenvalue weighted by atomic mass is 19.1. The number of nitrogens with zero attached hydrogens (tertiary/aromatic N) is 1. The Morgan fingerprint density at radius 1 is 1.40 bits per heavy atom. The van der Waals surface area contributed by atoms with Gasteiger partial charge in [0.1, 0.15) is 18.1 Å².